The highest BCUT2D eigenvalue weighted by Gasteiger charge is 2.13. The highest BCUT2D eigenvalue weighted by Crippen LogP contribution is 2.28. The van der Waals surface area contributed by atoms with E-state index in [2.05, 4.69) is 9.97 Å². The molecule has 0 spiro atoms. The maximum Gasteiger partial charge on any atom is 0.224 e. The SMILES string of the molecule is COc1ccc(C(=O)COc2ncnc3ccccc23)cc1OC. The molecular weight excluding hydrogens is 308 g/mol. The van der Waals surface area contributed by atoms with Crippen molar-refractivity contribution in [2.45, 2.75) is 0 Å². The summed E-state index contributed by atoms with van der Waals surface area (Å²) in [5.74, 6) is 1.26. The predicted molar refractivity (Wildman–Crippen MR) is 88.9 cm³/mol. The normalized spacial score (nSPS) is 10.4. The molecular formula is C18H16N2O4. The molecule has 0 aliphatic heterocycles. The van der Waals surface area contributed by atoms with Gasteiger partial charge in [0, 0.05) is 5.56 Å². The van der Waals surface area contributed by atoms with Gasteiger partial charge >= 0.3 is 0 Å². The first-order valence-corrected chi connectivity index (χ1v) is 7.30. The fourth-order valence-electron chi connectivity index (χ4n) is 2.32. The maximum absolute atomic E-state index is 12.4. The standard InChI is InChI=1S/C18H16N2O4/c1-22-16-8-7-12(9-17(16)23-2)15(21)10-24-18-13-5-3-4-6-14(13)19-11-20-18/h3-9,11H,10H2,1-2H3. The Morgan fingerprint density at radius 2 is 1.79 bits per heavy atom. The van der Waals surface area contributed by atoms with E-state index in [0.717, 1.165) is 10.9 Å². The summed E-state index contributed by atoms with van der Waals surface area (Å²) in [6, 6.07) is 12.5. The van der Waals surface area contributed by atoms with Crippen molar-refractivity contribution in [2.24, 2.45) is 0 Å². The van der Waals surface area contributed by atoms with Crippen LogP contribution >= 0.6 is 0 Å². The number of rotatable bonds is 6. The van der Waals surface area contributed by atoms with E-state index in [0.29, 0.717) is 22.9 Å². The summed E-state index contributed by atoms with van der Waals surface area (Å²) in [6.45, 7) is -0.128. The molecule has 3 aromatic rings. The zero-order valence-corrected chi connectivity index (χ0v) is 13.4. The lowest BCUT2D eigenvalue weighted by Gasteiger charge is -2.10. The van der Waals surface area contributed by atoms with Crippen molar-refractivity contribution in [3.8, 4) is 17.4 Å². The average molecular weight is 324 g/mol. The molecule has 0 aliphatic rings. The van der Waals surface area contributed by atoms with Gasteiger partial charge in [0.15, 0.2) is 23.9 Å². The lowest BCUT2D eigenvalue weighted by Crippen LogP contribution is -2.12. The average Bonchev–Trinajstić information content (AvgIpc) is 2.65. The van der Waals surface area contributed by atoms with Crippen LogP contribution in [0, 0.1) is 0 Å². The molecule has 2 aromatic carbocycles. The Bertz CT molecular complexity index is 875. The van der Waals surface area contributed by atoms with Gasteiger partial charge in [-0.05, 0) is 30.3 Å². The van der Waals surface area contributed by atoms with Crippen LogP contribution in [-0.4, -0.2) is 36.6 Å². The number of carbonyl (C=O) groups is 1. The van der Waals surface area contributed by atoms with Crippen LogP contribution in [0.25, 0.3) is 10.9 Å². The van der Waals surface area contributed by atoms with Crippen LogP contribution in [-0.2, 0) is 0 Å². The lowest BCUT2D eigenvalue weighted by atomic mass is 10.1. The van der Waals surface area contributed by atoms with E-state index < -0.39 is 0 Å². The van der Waals surface area contributed by atoms with Gasteiger partial charge in [0.25, 0.3) is 0 Å². The number of benzene rings is 2. The van der Waals surface area contributed by atoms with Gasteiger partial charge in [-0.1, -0.05) is 12.1 Å². The van der Waals surface area contributed by atoms with Crippen molar-refractivity contribution < 1.29 is 19.0 Å². The number of methoxy groups -OCH3 is 2. The fraction of sp³-hybridized carbons (Fsp3) is 0.167. The summed E-state index contributed by atoms with van der Waals surface area (Å²) in [5.41, 5.74) is 1.24. The van der Waals surface area contributed by atoms with Crippen molar-refractivity contribution in [3.63, 3.8) is 0 Å². The Morgan fingerprint density at radius 1 is 1.00 bits per heavy atom. The van der Waals surface area contributed by atoms with Gasteiger partial charge in [-0.2, -0.15) is 0 Å². The van der Waals surface area contributed by atoms with Gasteiger partial charge in [0.1, 0.15) is 6.33 Å². The Labute approximate surface area is 139 Å². The molecule has 0 radical (unpaired) electrons. The predicted octanol–water partition coefficient (Wildman–Crippen LogP) is 2.91. The number of hydrogen-bond donors (Lipinski definition) is 0. The van der Waals surface area contributed by atoms with E-state index in [1.165, 1.54) is 13.4 Å². The topological polar surface area (TPSA) is 70.5 Å². The van der Waals surface area contributed by atoms with E-state index in [1.807, 2.05) is 24.3 Å². The van der Waals surface area contributed by atoms with Crippen molar-refractivity contribution >= 4 is 16.7 Å². The minimum Gasteiger partial charge on any atom is -0.493 e. The number of fused-ring (bicyclic) bond motifs is 1. The summed E-state index contributed by atoms with van der Waals surface area (Å²) in [6.07, 6.45) is 1.42. The van der Waals surface area contributed by atoms with Crippen molar-refractivity contribution in [3.05, 3.63) is 54.4 Å². The van der Waals surface area contributed by atoms with Gasteiger partial charge in [-0.3, -0.25) is 4.79 Å². The first-order chi connectivity index (χ1) is 11.7. The minimum absolute atomic E-state index is 0.128. The van der Waals surface area contributed by atoms with Gasteiger partial charge < -0.3 is 14.2 Å². The highest BCUT2D eigenvalue weighted by molar-refractivity contribution is 5.98. The van der Waals surface area contributed by atoms with Crippen LogP contribution in [0.4, 0.5) is 0 Å². The third-order valence-electron chi connectivity index (χ3n) is 3.55. The molecule has 0 bridgehead atoms. The lowest BCUT2D eigenvalue weighted by molar-refractivity contribution is 0.0919. The summed E-state index contributed by atoms with van der Waals surface area (Å²) in [5, 5.41) is 0.764. The molecule has 0 fully saturated rings. The molecule has 0 aliphatic carbocycles. The molecule has 1 aromatic heterocycles. The molecule has 0 unspecified atom stereocenters. The molecule has 6 heteroatoms. The maximum atomic E-state index is 12.4. The fourth-order valence-corrected chi connectivity index (χ4v) is 2.32. The molecule has 0 saturated carbocycles. The van der Waals surface area contributed by atoms with Gasteiger partial charge in [0.2, 0.25) is 5.88 Å². The number of carbonyl (C=O) groups excluding carboxylic acids is 1. The van der Waals surface area contributed by atoms with Crippen molar-refractivity contribution in [2.75, 3.05) is 20.8 Å². The van der Waals surface area contributed by atoms with Crippen LogP contribution < -0.4 is 14.2 Å². The monoisotopic (exact) mass is 324 g/mol. The zero-order valence-electron chi connectivity index (χ0n) is 13.4. The number of nitrogens with zero attached hydrogens (tertiary/aromatic N) is 2. The van der Waals surface area contributed by atoms with Gasteiger partial charge in [-0.15, -0.1) is 0 Å². The first kappa shape index (κ1) is 15.7. The second kappa shape index (κ2) is 6.95. The first-order valence-electron chi connectivity index (χ1n) is 7.30. The van der Waals surface area contributed by atoms with E-state index in [4.69, 9.17) is 14.2 Å². The van der Waals surface area contributed by atoms with E-state index in [9.17, 15) is 4.79 Å². The largest absolute Gasteiger partial charge is 0.493 e. The minimum atomic E-state index is -0.182. The van der Waals surface area contributed by atoms with Gasteiger partial charge in [0.05, 0.1) is 25.1 Å². The molecule has 6 nitrogen and oxygen atoms in total. The Hall–Kier alpha value is -3.15. The molecule has 1 heterocycles. The van der Waals surface area contributed by atoms with Crippen LogP contribution in [0.3, 0.4) is 0 Å². The third-order valence-corrected chi connectivity index (χ3v) is 3.55. The zero-order chi connectivity index (χ0) is 16.9. The summed E-state index contributed by atoms with van der Waals surface area (Å²) >= 11 is 0. The van der Waals surface area contributed by atoms with Gasteiger partial charge in [-0.25, -0.2) is 9.97 Å². The second-order valence-electron chi connectivity index (χ2n) is 4.98. The number of aromatic nitrogens is 2. The smallest absolute Gasteiger partial charge is 0.224 e. The highest BCUT2D eigenvalue weighted by atomic mass is 16.5. The Kier molecular flexibility index (Phi) is 4.56. The van der Waals surface area contributed by atoms with E-state index in [-0.39, 0.29) is 12.4 Å². The number of hydrogen-bond acceptors (Lipinski definition) is 6. The second-order valence-corrected chi connectivity index (χ2v) is 4.98. The Balaban J connectivity index is 1.78. The number of Topliss-reactive ketones (excluding diaryl/α,β-unsaturated/α-hetero) is 1. The molecule has 0 saturated heterocycles. The molecule has 0 N–H and O–H groups in total. The molecule has 0 atom stereocenters. The Morgan fingerprint density at radius 3 is 2.58 bits per heavy atom. The van der Waals surface area contributed by atoms with Crippen LogP contribution in [0.5, 0.6) is 17.4 Å². The number of para-hydroxylation sites is 1. The third kappa shape index (κ3) is 3.12. The van der Waals surface area contributed by atoms with Crippen LogP contribution in [0.1, 0.15) is 10.4 Å². The summed E-state index contributed by atoms with van der Waals surface area (Å²) < 4.78 is 16.0. The van der Waals surface area contributed by atoms with Crippen LogP contribution in [0.2, 0.25) is 0 Å². The van der Waals surface area contributed by atoms with E-state index in [1.54, 1.807) is 25.3 Å². The van der Waals surface area contributed by atoms with Crippen molar-refractivity contribution in [1.29, 1.82) is 0 Å². The number of ether oxygens (including phenoxy) is 3. The van der Waals surface area contributed by atoms with Crippen LogP contribution in [0.15, 0.2) is 48.8 Å². The molecule has 0 amide bonds. The van der Waals surface area contributed by atoms with E-state index >= 15 is 0 Å². The molecule has 24 heavy (non-hydrogen) atoms. The molecule has 122 valence electrons. The molecule has 3 rings (SSSR count). The quantitative estimate of drug-likeness (QED) is 0.649. The summed E-state index contributed by atoms with van der Waals surface area (Å²) in [4.78, 5) is 20.6. The van der Waals surface area contributed by atoms with Crippen molar-refractivity contribution in [1.82, 2.24) is 9.97 Å². The number of ketones is 1. The summed E-state index contributed by atoms with van der Waals surface area (Å²) in [7, 11) is 3.07.